The predicted octanol–water partition coefficient (Wildman–Crippen LogP) is -0.516. The Bertz CT molecular complexity index is 359. The lowest BCUT2D eigenvalue weighted by atomic mass is 9.85. The van der Waals surface area contributed by atoms with Crippen LogP contribution in [0.3, 0.4) is 0 Å². The normalized spacial score (nSPS) is 18.9. The quantitative estimate of drug-likeness (QED) is 0.737. The molecular formula is C10H17N5O2. The van der Waals surface area contributed by atoms with Gasteiger partial charge in [-0.3, -0.25) is 4.79 Å². The molecule has 2 N–H and O–H groups in total. The first-order chi connectivity index (χ1) is 8.18. The number of nitrogens with zero attached hydrogens (tertiary/aromatic N) is 4. The lowest BCUT2D eigenvalue weighted by molar-refractivity contribution is -0.123. The zero-order valence-electron chi connectivity index (χ0n) is 9.67. The molecule has 1 aromatic rings. The van der Waals surface area contributed by atoms with E-state index >= 15 is 0 Å². The number of aromatic nitrogens is 4. The third-order valence-electron chi connectivity index (χ3n) is 3.10. The number of tetrazole rings is 1. The molecule has 0 unspecified atom stereocenters. The fourth-order valence-corrected chi connectivity index (χ4v) is 2.11. The fourth-order valence-electron chi connectivity index (χ4n) is 2.11. The van der Waals surface area contributed by atoms with Crippen LogP contribution in [0.2, 0.25) is 0 Å². The second-order valence-corrected chi connectivity index (χ2v) is 4.57. The minimum absolute atomic E-state index is 0.0864. The van der Waals surface area contributed by atoms with Gasteiger partial charge in [0.25, 0.3) is 0 Å². The van der Waals surface area contributed by atoms with Crippen LogP contribution in [0.4, 0.5) is 0 Å². The monoisotopic (exact) mass is 239 g/mol. The van der Waals surface area contributed by atoms with Crippen molar-refractivity contribution in [1.29, 1.82) is 0 Å². The van der Waals surface area contributed by atoms with Crippen LogP contribution in [0.25, 0.3) is 0 Å². The fraction of sp³-hybridized carbons (Fsp3) is 0.800. The van der Waals surface area contributed by atoms with Gasteiger partial charge in [-0.15, -0.1) is 5.10 Å². The first-order valence-corrected chi connectivity index (χ1v) is 5.88. The minimum Gasteiger partial charge on any atom is -0.388 e. The molecule has 2 rings (SSSR count). The van der Waals surface area contributed by atoms with E-state index in [4.69, 9.17) is 0 Å². The number of aliphatic hydroxyl groups is 1. The van der Waals surface area contributed by atoms with Crippen molar-refractivity contribution in [2.24, 2.45) is 0 Å². The molecule has 1 aliphatic carbocycles. The maximum atomic E-state index is 11.6. The molecule has 1 heterocycles. The summed E-state index contributed by atoms with van der Waals surface area (Å²) in [5, 5.41) is 23.4. The molecule has 0 atom stereocenters. The number of nitrogens with one attached hydrogen (secondary N) is 1. The second kappa shape index (κ2) is 5.22. The van der Waals surface area contributed by atoms with Crippen molar-refractivity contribution in [3.05, 3.63) is 6.33 Å². The van der Waals surface area contributed by atoms with Crippen LogP contribution in [0, 0.1) is 0 Å². The van der Waals surface area contributed by atoms with E-state index < -0.39 is 5.60 Å². The number of hydrogen-bond donors (Lipinski definition) is 2. The maximum absolute atomic E-state index is 11.6. The Balaban J connectivity index is 1.75. The first-order valence-electron chi connectivity index (χ1n) is 5.88. The summed E-state index contributed by atoms with van der Waals surface area (Å²) in [4.78, 5) is 11.6. The molecule has 1 saturated carbocycles. The summed E-state index contributed by atoms with van der Waals surface area (Å²) in [5.74, 6) is -0.184. The summed E-state index contributed by atoms with van der Waals surface area (Å²) in [6.45, 7) is 0.400. The van der Waals surface area contributed by atoms with Gasteiger partial charge in [0.1, 0.15) is 12.9 Å². The van der Waals surface area contributed by atoms with Crippen LogP contribution >= 0.6 is 0 Å². The smallest absolute Gasteiger partial charge is 0.241 e. The van der Waals surface area contributed by atoms with Gasteiger partial charge >= 0.3 is 0 Å². The molecule has 1 amide bonds. The Hall–Kier alpha value is -1.50. The lowest BCUT2D eigenvalue weighted by Gasteiger charge is -2.32. The van der Waals surface area contributed by atoms with E-state index in [1.54, 1.807) is 0 Å². The summed E-state index contributed by atoms with van der Waals surface area (Å²) in [6, 6.07) is 0. The van der Waals surface area contributed by atoms with Crippen LogP contribution in [0.15, 0.2) is 6.33 Å². The summed E-state index contributed by atoms with van der Waals surface area (Å²) >= 11 is 0. The van der Waals surface area contributed by atoms with Crippen LogP contribution in [-0.2, 0) is 11.3 Å². The summed E-state index contributed by atoms with van der Waals surface area (Å²) in [6.07, 6.45) is 6.13. The van der Waals surface area contributed by atoms with E-state index in [1.165, 1.54) is 17.4 Å². The predicted molar refractivity (Wildman–Crippen MR) is 58.9 cm³/mol. The molecule has 0 aliphatic heterocycles. The van der Waals surface area contributed by atoms with Gasteiger partial charge in [0.2, 0.25) is 5.91 Å². The molecule has 1 aliphatic rings. The second-order valence-electron chi connectivity index (χ2n) is 4.57. The molecule has 1 aromatic heterocycles. The Labute approximate surface area is 99.2 Å². The van der Waals surface area contributed by atoms with Gasteiger partial charge in [-0.1, -0.05) is 19.3 Å². The van der Waals surface area contributed by atoms with Crippen molar-refractivity contribution >= 4 is 5.91 Å². The van der Waals surface area contributed by atoms with Gasteiger partial charge in [-0.05, 0) is 23.3 Å². The summed E-state index contributed by atoms with van der Waals surface area (Å²) in [7, 11) is 0. The van der Waals surface area contributed by atoms with E-state index in [9.17, 15) is 9.90 Å². The Morgan fingerprint density at radius 1 is 1.41 bits per heavy atom. The van der Waals surface area contributed by atoms with Gasteiger partial charge in [0.15, 0.2) is 0 Å². The molecule has 0 bridgehead atoms. The van der Waals surface area contributed by atoms with Gasteiger partial charge in [-0.2, -0.15) is 0 Å². The highest BCUT2D eigenvalue weighted by atomic mass is 16.3. The van der Waals surface area contributed by atoms with Crippen molar-refractivity contribution < 1.29 is 9.90 Å². The Morgan fingerprint density at radius 3 is 2.82 bits per heavy atom. The van der Waals surface area contributed by atoms with Crippen molar-refractivity contribution in [3.8, 4) is 0 Å². The highest BCUT2D eigenvalue weighted by molar-refractivity contribution is 5.75. The molecule has 0 radical (unpaired) electrons. The topological polar surface area (TPSA) is 92.9 Å². The van der Waals surface area contributed by atoms with Crippen LogP contribution in [-0.4, -0.2) is 43.4 Å². The summed E-state index contributed by atoms with van der Waals surface area (Å²) in [5.41, 5.74) is -0.728. The van der Waals surface area contributed by atoms with E-state index in [0.29, 0.717) is 6.54 Å². The molecular weight excluding hydrogens is 222 g/mol. The SMILES string of the molecule is O=C(Cn1cnnn1)NCC1(O)CCCCC1. The summed E-state index contributed by atoms with van der Waals surface area (Å²) < 4.78 is 1.35. The van der Waals surface area contributed by atoms with Crippen LogP contribution in [0.1, 0.15) is 32.1 Å². The largest absolute Gasteiger partial charge is 0.388 e. The molecule has 17 heavy (non-hydrogen) atoms. The van der Waals surface area contributed by atoms with E-state index in [-0.39, 0.29) is 12.5 Å². The standard InChI is InChI=1S/C10H17N5O2/c16-9(6-15-8-12-13-14-15)11-7-10(17)4-2-1-3-5-10/h8,17H,1-7H2,(H,11,16). The number of rotatable bonds is 4. The average molecular weight is 239 g/mol. The van der Waals surface area contributed by atoms with Crippen LogP contribution < -0.4 is 5.32 Å². The highest BCUT2D eigenvalue weighted by Gasteiger charge is 2.29. The average Bonchev–Trinajstić information content (AvgIpc) is 2.80. The van der Waals surface area contributed by atoms with Crippen LogP contribution in [0.5, 0.6) is 0 Å². The first kappa shape index (κ1) is 12.0. The van der Waals surface area contributed by atoms with E-state index in [0.717, 1.165) is 25.7 Å². The molecule has 0 aromatic carbocycles. The zero-order valence-corrected chi connectivity index (χ0v) is 9.67. The third-order valence-corrected chi connectivity index (χ3v) is 3.10. The maximum Gasteiger partial charge on any atom is 0.241 e. The Kier molecular flexibility index (Phi) is 3.68. The highest BCUT2D eigenvalue weighted by Crippen LogP contribution is 2.27. The number of hydrogen-bond acceptors (Lipinski definition) is 5. The molecule has 0 spiro atoms. The van der Waals surface area contributed by atoms with Gasteiger partial charge < -0.3 is 10.4 Å². The number of carbonyl (C=O) groups is 1. The van der Waals surface area contributed by atoms with Gasteiger partial charge in [0.05, 0.1) is 5.60 Å². The molecule has 1 fully saturated rings. The van der Waals surface area contributed by atoms with Crippen molar-refractivity contribution in [3.63, 3.8) is 0 Å². The zero-order chi connectivity index (χ0) is 12.1. The van der Waals surface area contributed by atoms with Crippen molar-refractivity contribution in [1.82, 2.24) is 25.5 Å². The van der Waals surface area contributed by atoms with E-state index in [1.807, 2.05) is 0 Å². The lowest BCUT2D eigenvalue weighted by Crippen LogP contribution is -2.45. The van der Waals surface area contributed by atoms with Crippen molar-refractivity contribution in [2.45, 2.75) is 44.2 Å². The Morgan fingerprint density at radius 2 is 2.18 bits per heavy atom. The van der Waals surface area contributed by atoms with Crippen molar-refractivity contribution in [2.75, 3.05) is 6.54 Å². The van der Waals surface area contributed by atoms with E-state index in [2.05, 4.69) is 20.8 Å². The minimum atomic E-state index is -0.728. The number of carbonyl (C=O) groups excluding carboxylic acids is 1. The third kappa shape index (κ3) is 3.48. The molecule has 0 saturated heterocycles. The molecule has 7 heteroatoms. The van der Waals surface area contributed by atoms with Gasteiger partial charge in [-0.25, -0.2) is 4.68 Å². The number of amides is 1. The van der Waals surface area contributed by atoms with Gasteiger partial charge in [0, 0.05) is 6.54 Å². The molecule has 7 nitrogen and oxygen atoms in total. The molecule has 94 valence electrons.